The molecular formula is C24H20Cl2N2O3. The normalized spacial score (nSPS) is 15.3. The number of halogens is 2. The van der Waals surface area contributed by atoms with Gasteiger partial charge >= 0.3 is 0 Å². The number of nitrogens with zero attached hydrogens (tertiary/aromatic N) is 1. The van der Waals surface area contributed by atoms with Gasteiger partial charge in [-0.25, -0.2) is 0 Å². The lowest BCUT2D eigenvalue weighted by atomic mass is 10.1. The molecule has 7 heteroatoms. The van der Waals surface area contributed by atoms with Crippen LogP contribution in [0.2, 0.25) is 10.0 Å². The molecule has 1 aliphatic rings. The number of carbonyl (C=O) groups excluding carboxylic acids is 2. The van der Waals surface area contributed by atoms with Crippen LogP contribution in [0.3, 0.4) is 0 Å². The average Bonchev–Trinajstić information content (AvgIpc) is 2.77. The van der Waals surface area contributed by atoms with E-state index in [2.05, 4.69) is 5.32 Å². The lowest BCUT2D eigenvalue weighted by Gasteiger charge is -2.33. The number of anilines is 2. The highest BCUT2D eigenvalue weighted by atomic mass is 35.5. The van der Waals surface area contributed by atoms with Gasteiger partial charge in [0.2, 0.25) is 0 Å². The van der Waals surface area contributed by atoms with E-state index in [4.69, 9.17) is 27.9 Å². The summed E-state index contributed by atoms with van der Waals surface area (Å²) in [6, 6.07) is 19.9. The molecule has 0 bridgehead atoms. The molecule has 0 saturated heterocycles. The summed E-state index contributed by atoms with van der Waals surface area (Å²) in [5.74, 6) is 0.162. The van der Waals surface area contributed by atoms with Gasteiger partial charge in [-0.15, -0.1) is 0 Å². The van der Waals surface area contributed by atoms with Gasteiger partial charge in [0, 0.05) is 17.8 Å². The molecule has 0 saturated carbocycles. The SMILES string of the molecule is CC1Oc2ccc(NC(=O)c3ccc(Cl)c(Cl)c3)cc2N(CCc2ccccc2)C1=O. The lowest BCUT2D eigenvalue weighted by Crippen LogP contribution is -2.45. The van der Waals surface area contributed by atoms with Gasteiger partial charge in [0.25, 0.3) is 11.8 Å². The molecule has 0 fully saturated rings. The molecule has 1 heterocycles. The third-order valence-electron chi connectivity index (χ3n) is 5.07. The van der Waals surface area contributed by atoms with E-state index in [-0.39, 0.29) is 11.8 Å². The minimum absolute atomic E-state index is 0.114. The number of benzene rings is 3. The van der Waals surface area contributed by atoms with Crippen molar-refractivity contribution < 1.29 is 14.3 Å². The topological polar surface area (TPSA) is 58.6 Å². The second kappa shape index (κ2) is 9.00. The molecule has 158 valence electrons. The zero-order chi connectivity index (χ0) is 22.0. The summed E-state index contributed by atoms with van der Waals surface area (Å²) in [6.07, 6.45) is 0.137. The summed E-state index contributed by atoms with van der Waals surface area (Å²) in [7, 11) is 0. The van der Waals surface area contributed by atoms with Crippen LogP contribution >= 0.6 is 23.2 Å². The number of rotatable bonds is 5. The van der Waals surface area contributed by atoms with Crippen molar-refractivity contribution >= 4 is 46.4 Å². The molecule has 2 amide bonds. The summed E-state index contributed by atoms with van der Waals surface area (Å²) in [4.78, 5) is 27.2. The molecule has 1 aliphatic heterocycles. The fraction of sp³-hybridized carbons (Fsp3) is 0.167. The molecule has 0 aliphatic carbocycles. The minimum Gasteiger partial charge on any atom is -0.479 e. The largest absolute Gasteiger partial charge is 0.479 e. The van der Waals surface area contributed by atoms with E-state index in [9.17, 15) is 9.59 Å². The van der Waals surface area contributed by atoms with Gasteiger partial charge in [-0.3, -0.25) is 9.59 Å². The van der Waals surface area contributed by atoms with E-state index >= 15 is 0 Å². The monoisotopic (exact) mass is 454 g/mol. The van der Waals surface area contributed by atoms with E-state index < -0.39 is 6.10 Å². The van der Waals surface area contributed by atoms with Crippen molar-refractivity contribution in [2.75, 3.05) is 16.8 Å². The summed E-state index contributed by atoms with van der Waals surface area (Å²) in [5, 5.41) is 3.53. The number of hydrogen-bond donors (Lipinski definition) is 1. The van der Waals surface area contributed by atoms with Crippen LogP contribution in [0.15, 0.2) is 66.7 Å². The van der Waals surface area contributed by atoms with Crippen LogP contribution < -0.4 is 15.0 Å². The van der Waals surface area contributed by atoms with Crippen LogP contribution in [0.1, 0.15) is 22.8 Å². The maximum absolute atomic E-state index is 12.8. The number of carbonyl (C=O) groups is 2. The maximum Gasteiger partial charge on any atom is 0.267 e. The number of fused-ring (bicyclic) bond motifs is 1. The third-order valence-corrected chi connectivity index (χ3v) is 5.81. The highest BCUT2D eigenvalue weighted by Crippen LogP contribution is 2.36. The van der Waals surface area contributed by atoms with E-state index in [0.29, 0.717) is 45.7 Å². The predicted octanol–water partition coefficient (Wildman–Crippen LogP) is 5.60. The zero-order valence-electron chi connectivity index (χ0n) is 16.8. The molecule has 3 aromatic rings. The van der Waals surface area contributed by atoms with E-state index in [1.165, 1.54) is 6.07 Å². The van der Waals surface area contributed by atoms with Gasteiger partial charge in [0.05, 0.1) is 15.7 Å². The quantitative estimate of drug-likeness (QED) is 0.545. The van der Waals surface area contributed by atoms with E-state index in [1.54, 1.807) is 42.2 Å². The zero-order valence-corrected chi connectivity index (χ0v) is 18.3. The third kappa shape index (κ3) is 4.68. The van der Waals surface area contributed by atoms with Crippen molar-refractivity contribution in [2.45, 2.75) is 19.4 Å². The Hall–Kier alpha value is -3.02. The summed E-state index contributed by atoms with van der Waals surface area (Å²) in [5.41, 5.74) is 2.70. The summed E-state index contributed by atoms with van der Waals surface area (Å²) in [6.45, 7) is 2.24. The summed E-state index contributed by atoms with van der Waals surface area (Å²) >= 11 is 11.9. The Morgan fingerprint density at radius 3 is 2.55 bits per heavy atom. The highest BCUT2D eigenvalue weighted by molar-refractivity contribution is 6.42. The van der Waals surface area contributed by atoms with E-state index in [0.717, 1.165) is 5.56 Å². The second-order valence-electron chi connectivity index (χ2n) is 7.25. The first-order valence-corrected chi connectivity index (χ1v) is 10.6. The molecule has 1 N–H and O–H groups in total. The Morgan fingerprint density at radius 1 is 1.03 bits per heavy atom. The highest BCUT2D eigenvalue weighted by Gasteiger charge is 2.31. The van der Waals surface area contributed by atoms with Crippen LogP contribution in [0.5, 0.6) is 5.75 Å². The average molecular weight is 455 g/mol. The molecule has 1 unspecified atom stereocenters. The molecule has 0 radical (unpaired) electrons. The number of nitrogens with one attached hydrogen (secondary N) is 1. The fourth-order valence-corrected chi connectivity index (χ4v) is 3.74. The molecule has 4 rings (SSSR count). The van der Waals surface area contributed by atoms with Crippen molar-refractivity contribution in [3.8, 4) is 5.75 Å². The van der Waals surface area contributed by atoms with Crippen molar-refractivity contribution in [2.24, 2.45) is 0 Å². The second-order valence-corrected chi connectivity index (χ2v) is 8.07. The Morgan fingerprint density at radius 2 is 1.81 bits per heavy atom. The van der Waals surface area contributed by atoms with E-state index in [1.807, 2.05) is 30.3 Å². The molecule has 3 aromatic carbocycles. The first-order chi connectivity index (χ1) is 14.9. The Labute approximate surface area is 190 Å². The molecular weight excluding hydrogens is 435 g/mol. The fourth-order valence-electron chi connectivity index (χ4n) is 3.44. The summed E-state index contributed by atoms with van der Waals surface area (Å²) < 4.78 is 5.76. The van der Waals surface area contributed by atoms with Gasteiger partial charge in [0.15, 0.2) is 6.10 Å². The van der Waals surface area contributed by atoms with Crippen LogP contribution in [0.25, 0.3) is 0 Å². The first kappa shape index (κ1) is 21.2. The van der Waals surface area contributed by atoms with Crippen molar-refractivity contribution in [1.82, 2.24) is 0 Å². The number of amides is 2. The Bertz CT molecular complexity index is 1130. The van der Waals surface area contributed by atoms with Gasteiger partial charge in [-0.05, 0) is 55.3 Å². The molecule has 0 spiro atoms. The van der Waals surface area contributed by atoms with Gasteiger partial charge in [0.1, 0.15) is 5.75 Å². The van der Waals surface area contributed by atoms with Crippen LogP contribution in [-0.4, -0.2) is 24.5 Å². The smallest absolute Gasteiger partial charge is 0.267 e. The molecule has 0 aromatic heterocycles. The molecule has 1 atom stereocenters. The van der Waals surface area contributed by atoms with Crippen LogP contribution in [0, 0.1) is 0 Å². The Kier molecular flexibility index (Phi) is 6.16. The first-order valence-electron chi connectivity index (χ1n) is 9.85. The maximum atomic E-state index is 12.8. The van der Waals surface area contributed by atoms with Crippen molar-refractivity contribution in [1.29, 1.82) is 0 Å². The molecule has 31 heavy (non-hydrogen) atoms. The van der Waals surface area contributed by atoms with Gasteiger partial charge in [-0.1, -0.05) is 53.5 Å². The van der Waals surface area contributed by atoms with Crippen LogP contribution in [0.4, 0.5) is 11.4 Å². The number of ether oxygens (including phenoxy) is 1. The standard InChI is InChI=1S/C24H20Cl2N2O3/c1-15-24(30)28(12-11-16-5-3-2-4-6-16)21-14-18(8-10-22(21)31-15)27-23(29)17-7-9-19(25)20(26)13-17/h2-10,13-15H,11-12H2,1H3,(H,27,29). The molecule has 5 nitrogen and oxygen atoms in total. The number of hydrogen-bond acceptors (Lipinski definition) is 3. The van der Waals surface area contributed by atoms with Crippen LogP contribution in [-0.2, 0) is 11.2 Å². The van der Waals surface area contributed by atoms with Crippen molar-refractivity contribution in [3.05, 3.63) is 87.9 Å². The lowest BCUT2D eigenvalue weighted by molar-refractivity contribution is -0.125. The van der Waals surface area contributed by atoms with Gasteiger partial charge < -0.3 is 15.0 Å². The van der Waals surface area contributed by atoms with Crippen molar-refractivity contribution in [3.63, 3.8) is 0 Å². The van der Waals surface area contributed by atoms with Gasteiger partial charge in [-0.2, -0.15) is 0 Å². The minimum atomic E-state index is -0.570. The predicted molar refractivity (Wildman–Crippen MR) is 123 cm³/mol. The Balaban J connectivity index is 1.57.